The predicted octanol–water partition coefficient (Wildman–Crippen LogP) is 1.90. The second-order valence-electron chi connectivity index (χ2n) is 3.26. The first-order valence-electron chi connectivity index (χ1n) is 4.60. The molecule has 0 saturated carbocycles. The van der Waals surface area contributed by atoms with Gasteiger partial charge in [-0.25, -0.2) is 0 Å². The molecule has 1 aromatic carbocycles. The third kappa shape index (κ3) is 3.15. The third-order valence-electron chi connectivity index (χ3n) is 2.04. The van der Waals surface area contributed by atoms with Crippen LogP contribution < -0.4 is 0 Å². The Morgan fingerprint density at radius 3 is 2.50 bits per heavy atom. The van der Waals surface area contributed by atoms with Gasteiger partial charge in [-0.05, 0) is 5.56 Å². The smallest absolute Gasteiger partial charge is 0.125 e. The van der Waals surface area contributed by atoms with E-state index in [-0.39, 0.29) is 5.92 Å². The number of aliphatic hydroxyl groups excluding tert-OH is 1. The Hall–Kier alpha value is -1.41. The first kappa shape index (κ1) is 10.7. The molecule has 0 radical (unpaired) electrons. The van der Waals surface area contributed by atoms with Crippen LogP contribution in [0.1, 0.15) is 12.5 Å². The van der Waals surface area contributed by atoms with Crippen molar-refractivity contribution in [2.24, 2.45) is 5.92 Å². The molecule has 1 aromatic rings. The maximum absolute atomic E-state index is 10.4. The van der Waals surface area contributed by atoms with E-state index >= 15 is 0 Å². The Kier molecular flexibility index (Phi) is 4.08. The number of carbonyl (C=O) groups excluding carboxylic acids is 1. The van der Waals surface area contributed by atoms with Crippen LogP contribution in [0.25, 0.3) is 6.08 Å². The van der Waals surface area contributed by atoms with Gasteiger partial charge in [-0.2, -0.15) is 0 Å². The molecule has 2 unspecified atom stereocenters. The van der Waals surface area contributed by atoms with Gasteiger partial charge in [-0.15, -0.1) is 0 Å². The molecule has 0 amide bonds. The lowest BCUT2D eigenvalue weighted by atomic mass is 10.1. The van der Waals surface area contributed by atoms with Crippen molar-refractivity contribution in [3.05, 3.63) is 42.0 Å². The molecular formula is C12H14O2. The van der Waals surface area contributed by atoms with E-state index in [9.17, 15) is 9.90 Å². The average Bonchev–Trinajstić information content (AvgIpc) is 2.26. The molecule has 1 rings (SSSR count). The monoisotopic (exact) mass is 190 g/mol. The summed E-state index contributed by atoms with van der Waals surface area (Å²) in [5.41, 5.74) is 1.02. The van der Waals surface area contributed by atoms with Crippen LogP contribution in [-0.4, -0.2) is 17.5 Å². The van der Waals surface area contributed by atoms with Gasteiger partial charge in [0, 0.05) is 5.92 Å². The Bertz CT molecular complexity index is 303. The molecule has 0 spiro atoms. The zero-order valence-electron chi connectivity index (χ0n) is 8.13. The highest BCUT2D eigenvalue weighted by Gasteiger charge is 2.08. The van der Waals surface area contributed by atoms with Gasteiger partial charge in [-0.1, -0.05) is 49.4 Å². The second kappa shape index (κ2) is 5.35. The zero-order valence-corrected chi connectivity index (χ0v) is 8.13. The highest BCUT2D eigenvalue weighted by molar-refractivity contribution is 5.56. The molecule has 0 aliphatic heterocycles. The highest BCUT2D eigenvalue weighted by Crippen LogP contribution is 2.06. The average molecular weight is 190 g/mol. The van der Waals surface area contributed by atoms with Gasteiger partial charge in [-0.3, -0.25) is 0 Å². The minimum absolute atomic E-state index is 0.352. The molecular weight excluding hydrogens is 176 g/mol. The summed E-state index contributed by atoms with van der Waals surface area (Å²) in [5, 5.41) is 9.46. The standard InChI is InChI=1S/C12H14O2/c1-10(9-13)12(14)8-7-11-5-3-2-4-6-11/h2-10,12,14H,1H3/b8-7+. The summed E-state index contributed by atoms with van der Waals surface area (Å²) < 4.78 is 0. The highest BCUT2D eigenvalue weighted by atomic mass is 16.3. The maximum Gasteiger partial charge on any atom is 0.125 e. The van der Waals surface area contributed by atoms with Crippen molar-refractivity contribution < 1.29 is 9.90 Å². The lowest BCUT2D eigenvalue weighted by molar-refractivity contribution is -0.112. The molecule has 2 nitrogen and oxygen atoms in total. The first-order chi connectivity index (χ1) is 6.74. The zero-order chi connectivity index (χ0) is 10.4. The molecule has 0 aliphatic carbocycles. The molecule has 0 aromatic heterocycles. The van der Waals surface area contributed by atoms with Crippen molar-refractivity contribution in [2.75, 3.05) is 0 Å². The van der Waals surface area contributed by atoms with Gasteiger partial charge in [0.25, 0.3) is 0 Å². The summed E-state index contributed by atoms with van der Waals surface area (Å²) in [4.78, 5) is 10.4. The second-order valence-corrected chi connectivity index (χ2v) is 3.26. The summed E-state index contributed by atoms with van der Waals surface area (Å²) in [6, 6.07) is 9.66. The first-order valence-corrected chi connectivity index (χ1v) is 4.60. The van der Waals surface area contributed by atoms with Crippen molar-refractivity contribution in [1.29, 1.82) is 0 Å². The fraction of sp³-hybridized carbons (Fsp3) is 0.250. The molecule has 0 bridgehead atoms. The number of rotatable bonds is 4. The van der Waals surface area contributed by atoms with Crippen LogP contribution >= 0.6 is 0 Å². The van der Waals surface area contributed by atoms with Crippen molar-refractivity contribution in [3.8, 4) is 0 Å². The van der Waals surface area contributed by atoms with Crippen LogP contribution in [0.3, 0.4) is 0 Å². The largest absolute Gasteiger partial charge is 0.388 e. The summed E-state index contributed by atoms with van der Waals surface area (Å²) in [7, 11) is 0. The SMILES string of the molecule is CC(C=O)C(O)/C=C/c1ccccc1. The van der Waals surface area contributed by atoms with E-state index < -0.39 is 6.10 Å². The van der Waals surface area contributed by atoms with Gasteiger partial charge in [0.05, 0.1) is 6.10 Å². The van der Waals surface area contributed by atoms with Gasteiger partial charge in [0.15, 0.2) is 0 Å². The van der Waals surface area contributed by atoms with Crippen molar-refractivity contribution in [3.63, 3.8) is 0 Å². The summed E-state index contributed by atoms with van der Waals surface area (Å²) in [6.07, 6.45) is 3.49. The molecule has 0 fully saturated rings. The Morgan fingerprint density at radius 2 is 1.93 bits per heavy atom. The number of aliphatic hydroxyl groups is 1. The van der Waals surface area contributed by atoms with Gasteiger partial charge in [0.2, 0.25) is 0 Å². The van der Waals surface area contributed by atoms with Crippen molar-refractivity contribution in [2.45, 2.75) is 13.0 Å². The summed E-state index contributed by atoms with van der Waals surface area (Å²) in [6.45, 7) is 1.69. The molecule has 1 N–H and O–H groups in total. The lowest BCUT2D eigenvalue weighted by Gasteiger charge is -2.07. The molecule has 2 atom stereocenters. The van der Waals surface area contributed by atoms with Crippen LogP contribution in [0.15, 0.2) is 36.4 Å². The number of hydrogen-bond acceptors (Lipinski definition) is 2. The normalized spacial score (nSPS) is 15.3. The van der Waals surface area contributed by atoms with Gasteiger partial charge < -0.3 is 9.90 Å². The molecule has 74 valence electrons. The van der Waals surface area contributed by atoms with Crippen LogP contribution in [0.2, 0.25) is 0 Å². The Balaban J connectivity index is 2.60. The quantitative estimate of drug-likeness (QED) is 0.736. The van der Waals surface area contributed by atoms with Crippen molar-refractivity contribution in [1.82, 2.24) is 0 Å². The Labute approximate surface area is 83.9 Å². The van der Waals surface area contributed by atoms with Crippen molar-refractivity contribution >= 4 is 12.4 Å². The minimum Gasteiger partial charge on any atom is -0.388 e. The van der Waals surface area contributed by atoms with E-state index in [2.05, 4.69) is 0 Å². The number of hydrogen-bond donors (Lipinski definition) is 1. The minimum atomic E-state index is -0.701. The Morgan fingerprint density at radius 1 is 1.29 bits per heavy atom. The van der Waals surface area contributed by atoms with E-state index in [4.69, 9.17) is 0 Å². The molecule has 0 aliphatic rings. The molecule has 14 heavy (non-hydrogen) atoms. The van der Waals surface area contributed by atoms with E-state index in [1.54, 1.807) is 13.0 Å². The number of benzene rings is 1. The fourth-order valence-electron chi connectivity index (χ4n) is 1.03. The molecule has 0 saturated heterocycles. The summed E-state index contributed by atoms with van der Waals surface area (Å²) in [5.74, 6) is -0.352. The van der Waals surface area contributed by atoms with E-state index in [0.717, 1.165) is 11.8 Å². The van der Waals surface area contributed by atoms with E-state index in [1.165, 1.54) is 0 Å². The van der Waals surface area contributed by atoms with Crippen LogP contribution in [0, 0.1) is 5.92 Å². The summed E-state index contributed by atoms with van der Waals surface area (Å²) >= 11 is 0. The lowest BCUT2D eigenvalue weighted by Crippen LogP contribution is -2.15. The number of carbonyl (C=O) groups is 1. The topological polar surface area (TPSA) is 37.3 Å². The predicted molar refractivity (Wildman–Crippen MR) is 56.7 cm³/mol. The van der Waals surface area contributed by atoms with Crippen LogP contribution in [0.4, 0.5) is 0 Å². The maximum atomic E-state index is 10.4. The molecule has 2 heteroatoms. The third-order valence-corrected chi connectivity index (χ3v) is 2.04. The van der Waals surface area contributed by atoms with Gasteiger partial charge >= 0.3 is 0 Å². The van der Waals surface area contributed by atoms with E-state index in [1.807, 2.05) is 36.4 Å². The van der Waals surface area contributed by atoms with Crippen LogP contribution in [0.5, 0.6) is 0 Å². The fourth-order valence-corrected chi connectivity index (χ4v) is 1.03. The van der Waals surface area contributed by atoms with Crippen LogP contribution in [-0.2, 0) is 4.79 Å². The van der Waals surface area contributed by atoms with Gasteiger partial charge in [0.1, 0.15) is 6.29 Å². The molecule has 0 heterocycles. The number of aldehydes is 1. The van der Waals surface area contributed by atoms with E-state index in [0.29, 0.717) is 0 Å².